The van der Waals surface area contributed by atoms with Gasteiger partial charge in [0.1, 0.15) is 0 Å². The average Bonchev–Trinajstić information content (AvgIpc) is 3.09. The number of methoxy groups -OCH3 is 1. The Balaban J connectivity index is 1.53. The van der Waals surface area contributed by atoms with E-state index in [4.69, 9.17) is 4.74 Å². The van der Waals surface area contributed by atoms with Crippen LogP contribution >= 0.6 is 0 Å². The van der Waals surface area contributed by atoms with Crippen LogP contribution in [0, 0.1) is 13.8 Å². The number of urea groups is 1. The van der Waals surface area contributed by atoms with Gasteiger partial charge in [-0.1, -0.05) is 12.1 Å². The van der Waals surface area contributed by atoms with E-state index in [9.17, 15) is 4.79 Å². The number of nitrogens with one attached hydrogen (secondary N) is 1. The number of carbonyl (C=O) groups excluding carboxylic acids is 1. The van der Waals surface area contributed by atoms with Crippen molar-refractivity contribution in [3.05, 3.63) is 41.7 Å². The third-order valence-corrected chi connectivity index (χ3v) is 4.89. The van der Waals surface area contributed by atoms with Crippen LogP contribution in [0.2, 0.25) is 0 Å². The number of benzene rings is 1. The maximum atomic E-state index is 12.5. The first-order chi connectivity index (χ1) is 12.6. The van der Waals surface area contributed by atoms with E-state index in [-0.39, 0.29) is 6.03 Å². The minimum Gasteiger partial charge on any atom is -0.383 e. The fraction of sp³-hybridized carbons (Fsp3) is 0.474. The maximum Gasteiger partial charge on any atom is 0.322 e. The molecule has 1 aromatic heterocycles. The van der Waals surface area contributed by atoms with Crippen LogP contribution in [0.1, 0.15) is 11.1 Å². The third kappa shape index (κ3) is 4.16. The number of amides is 2. The van der Waals surface area contributed by atoms with Gasteiger partial charge in [0.25, 0.3) is 0 Å². The summed E-state index contributed by atoms with van der Waals surface area (Å²) in [5.74, 6) is 0. The Bertz CT molecular complexity index is 750. The van der Waals surface area contributed by atoms with Crippen molar-refractivity contribution in [1.29, 1.82) is 0 Å². The van der Waals surface area contributed by atoms with Gasteiger partial charge in [-0.3, -0.25) is 4.68 Å². The van der Waals surface area contributed by atoms with E-state index in [1.807, 2.05) is 11.1 Å². The fourth-order valence-electron chi connectivity index (χ4n) is 3.17. The SMILES string of the molecule is COCCn1cc(NC(=O)N2CCN(c3cccc(C)c3C)CC2)cn1. The Morgan fingerprint density at radius 1 is 1.23 bits per heavy atom. The summed E-state index contributed by atoms with van der Waals surface area (Å²) in [6, 6.07) is 6.32. The molecular formula is C19H27N5O2. The lowest BCUT2D eigenvalue weighted by Crippen LogP contribution is -2.50. The molecule has 2 amide bonds. The van der Waals surface area contributed by atoms with Crippen LogP contribution < -0.4 is 10.2 Å². The molecule has 1 aromatic carbocycles. The van der Waals surface area contributed by atoms with Crippen LogP contribution in [0.4, 0.5) is 16.2 Å². The summed E-state index contributed by atoms with van der Waals surface area (Å²) in [6.07, 6.45) is 3.49. The highest BCUT2D eigenvalue weighted by Gasteiger charge is 2.22. The zero-order valence-corrected chi connectivity index (χ0v) is 15.7. The van der Waals surface area contributed by atoms with E-state index in [1.54, 1.807) is 18.0 Å². The van der Waals surface area contributed by atoms with E-state index in [2.05, 4.69) is 47.4 Å². The number of aryl methyl sites for hydroxylation is 1. The number of aromatic nitrogens is 2. The Morgan fingerprint density at radius 2 is 2.00 bits per heavy atom. The van der Waals surface area contributed by atoms with Gasteiger partial charge in [-0.05, 0) is 31.0 Å². The van der Waals surface area contributed by atoms with Crippen LogP contribution in [-0.4, -0.2) is 60.6 Å². The highest BCUT2D eigenvalue weighted by atomic mass is 16.5. The molecule has 7 nitrogen and oxygen atoms in total. The number of anilines is 2. The van der Waals surface area contributed by atoms with Gasteiger partial charge >= 0.3 is 6.03 Å². The maximum absolute atomic E-state index is 12.5. The number of ether oxygens (including phenoxy) is 1. The Kier molecular flexibility index (Phi) is 5.78. The van der Waals surface area contributed by atoms with Crippen molar-refractivity contribution in [1.82, 2.24) is 14.7 Å². The van der Waals surface area contributed by atoms with Crippen molar-refractivity contribution >= 4 is 17.4 Å². The summed E-state index contributed by atoms with van der Waals surface area (Å²) in [7, 11) is 1.66. The lowest BCUT2D eigenvalue weighted by atomic mass is 10.1. The number of carbonyl (C=O) groups is 1. The molecule has 1 aliphatic heterocycles. The van der Waals surface area contributed by atoms with Crippen molar-refractivity contribution in [2.45, 2.75) is 20.4 Å². The molecule has 1 aliphatic rings. The zero-order valence-electron chi connectivity index (χ0n) is 15.7. The molecule has 0 aliphatic carbocycles. The molecule has 1 saturated heterocycles. The van der Waals surface area contributed by atoms with Crippen LogP contribution in [0.25, 0.3) is 0 Å². The first kappa shape index (κ1) is 18.3. The van der Waals surface area contributed by atoms with Gasteiger partial charge in [0.15, 0.2) is 0 Å². The topological polar surface area (TPSA) is 62.6 Å². The Hall–Kier alpha value is -2.54. The quantitative estimate of drug-likeness (QED) is 0.893. The second kappa shape index (κ2) is 8.23. The highest BCUT2D eigenvalue weighted by molar-refractivity contribution is 5.89. The van der Waals surface area contributed by atoms with Crippen molar-refractivity contribution in [3.8, 4) is 0 Å². The second-order valence-electron chi connectivity index (χ2n) is 6.61. The van der Waals surface area contributed by atoms with E-state index >= 15 is 0 Å². The second-order valence-corrected chi connectivity index (χ2v) is 6.61. The molecule has 0 spiro atoms. The molecule has 1 N–H and O–H groups in total. The summed E-state index contributed by atoms with van der Waals surface area (Å²) >= 11 is 0. The van der Waals surface area contributed by atoms with Gasteiger partial charge in [-0.2, -0.15) is 5.10 Å². The molecule has 26 heavy (non-hydrogen) atoms. The van der Waals surface area contributed by atoms with Crippen molar-refractivity contribution in [2.24, 2.45) is 0 Å². The van der Waals surface area contributed by atoms with Crippen molar-refractivity contribution in [3.63, 3.8) is 0 Å². The van der Waals surface area contributed by atoms with E-state index in [0.29, 0.717) is 31.9 Å². The fourth-order valence-corrected chi connectivity index (χ4v) is 3.17. The number of hydrogen-bond donors (Lipinski definition) is 1. The average molecular weight is 357 g/mol. The molecule has 2 heterocycles. The van der Waals surface area contributed by atoms with Crippen LogP contribution in [0.5, 0.6) is 0 Å². The number of nitrogens with zero attached hydrogens (tertiary/aromatic N) is 4. The van der Waals surface area contributed by atoms with Gasteiger partial charge in [0.05, 0.1) is 25.0 Å². The molecular weight excluding hydrogens is 330 g/mol. The molecule has 3 rings (SSSR count). The third-order valence-electron chi connectivity index (χ3n) is 4.89. The highest BCUT2D eigenvalue weighted by Crippen LogP contribution is 2.24. The van der Waals surface area contributed by atoms with Crippen LogP contribution in [-0.2, 0) is 11.3 Å². The van der Waals surface area contributed by atoms with Crippen molar-refractivity contribution in [2.75, 3.05) is 50.1 Å². The molecule has 0 atom stereocenters. The zero-order chi connectivity index (χ0) is 18.5. The molecule has 0 bridgehead atoms. The number of piperazine rings is 1. The van der Waals surface area contributed by atoms with Gasteiger partial charge in [0, 0.05) is 45.2 Å². The van der Waals surface area contributed by atoms with E-state index < -0.39 is 0 Å². The summed E-state index contributed by atoms with van der Waals surface area (Å²) in [5, 5.41) is 7.14. The van der Waals surface area contributed by atoms with Gasteiger partial charge in [-0.15, -0.1) is 0 Å². The minimum absolute atomic E-state index is 0.0723. The lowest BCUT2D eigenvalue weighted by Gasteiger charge is -2.36. The summed E-state index contributed by atoms with van der Waals surface area (Å²) in [6.45, 7) is 8.64. The Morgan fingerprint density at radius 3 is 2.73 bits per heavy atom. The van der Waals surface area contributed by atoms with E-state index in [0.717, 1.165) is 13.1 Å². The van der Waals surface area contributed by atoms with Crippen LogP contribution in [0.3, 0.4) is 0 Å². The van der Waals surface area contributed by atoms with Crippen molar-refractivity contribution < 1.29 is 9.53 Å². The standard InChI is InChI=1S/C19H27N5O2/c1-15-5-4-6-18(16(15)2)22-7-9-23(10-8-22)19(25)21-17-13-20-24(14-17)11-12-26-3/h4-6,13-14H,7-12H2,1-3H3,(H,21,25). The Labute approximate surface area is 154 Å². The molecule has 0 unspecified atom stereocenters. The molecule has 1 fully saturated rings. The van der Waals surface area contributed by atoms with Gasteiger partial charge in [-0.25, -0.2) is 4.79 Å². The summed E-state index contributed by atoms with van der Waals surface area (Å²) in [5.41, 5.74) is 4.59. The minimum atomic E-state index is -0.0723. The van der Waals surface area contributed by atoms with Gasteiger partial charge < -0.3 is 19.9 Å². The van der Waals surface area contributed by atoms with Gasteiger partial charge in [0.2, 0.25) is 0 Å². The summed E-state index contributed by atoms with van der Waals surface area (Å²) in [4.78, 5) is 16.7. The molecule has 2 aromatic rings. The van der Waals surface area contributed by atoms with E-state index in [1.165, 1.54) is 16.8 Å². The summed E-state index contributed by atoms with van der Waals surface area (Å²) < 4.78 is 6.79. The normalized spacial score (nSPS) is 14.6. The number of hydrogen-bond acceptors (Lipinski definition) is 4. The molecule has 0 saturated carbocycles. The van der Waals surface area contributed by atoms with Crippen LogP contribution in [0.15, 0.2) is 30.6 Å². The predicted octanol–water partition coefficient (Wildman–Crippen LogP) is 2.50. The first-order valence-corrected chi connectivity index (χ1v) is 8.97. The lowest BCUT2D eigenvalue weighted by molar-refractivity contribution is 0.183. The monoisotopic (exact) mass is 357 g/mol. The molecule has 0 radical (unpaired) electrons. The first-order valence-electron chi connectivity index (χ1n) is 8.97. The molecule has 7 heteroatoms. The number of rotatable bonds is 5. The predicted molar refractivity (Wildman–Crippen MR) is 103 cm³/mol. The smallest absolute Gasteiger partial charge is 0.322 e. The molecule has 140 valence electrons. The largest absolute Gasteiger partial charge is 0.383 e.